The molecule has 0 spiro atoms. The van der Waals surface area contributed by atoms with Crippen molar-refractivity contribution in [3.63, 3.8) is 0 Å². The summed E-state index contributed by atoms with van der Waals surface area (Å²) in [5.41, 5.74) is 0.220. The fraction of sp³-hybridized carbons (Fsp3) is 0.417. The van der Waals surface area contributed by atoms with Gasteiger partial charge in [-0.25, -0.2) is 4.79 Å². The summed E-state index contributed by atoms with van der Waals surface area (Å²) >= 11 is 7.42. The molecule has 0 aliphatic rings. The summed E-state index contributed by atoms with van der Waals surface area (Å²) in [6, 6.07) is 5.20. The molecule has 0 fully saturated rings. The van der Waals surface area contributed by atoms with Crippen molar-refractivity contribution in [1.29, 1.82) is 0 Å². The fourth-order valence-corrected chi connectivity index (χ4v) is 2.87. The van der Waals surface area contributed by atoms with Gasteiger partial charge in [-0.3, -0.25) is 0 Å². The molecule has 0 aliphatic heterocycles. The van der Waals surface area contributed by atoms with E-state index < -0.39 is 5.97 Å². The van der Waals surface area contributed by atoms with Gasteiger partial charge in [-0.05, 0) is 30.2 Å². The van der Waals surface area contributed by atoms with Crippen molar-refractivity contribution in [2.45, 2.75) is 25.2 Å². The summed E-state index contributed by atoms with van der Waals surface area (Å²) in [4.78, 5) is 11.8. The topological polar surface area (TPSA) is 37.3 Å². The van der Waals surface area contributed by atoms with Crippen LogP contribution in [0.3, 0.4) is 0 Å². The normalized spacial score (nSPS) is 10.8. The maximum Gasteiger partial charge on any atom is 0.338 e. The molecule has 0 saturated heterocycles. The number of benzene rings is 1. The Bertz CT molecular complexity index is 377. The zero-order chi connectivity index (χ0) is 12.1. The minimum absolute atomic E-state index is 0.220. The molecular formula is C12H15ClO2S. The van der Waals surface area contributed by atoms with Crippen LogP contribution in [0.5, 0.6) is 0 Å². The second-order valence-corrected chi connectivity index (χ2v) is 5.49. The van der Waals surface area contributed by atoms with Crippen LogP contribution in [0.4, 0.5) is 0 Å². The largest absolute Gasteiger partial charge is 0.478 e. The number of carbonyl (C=O) groups is 1. The maximum atomic E-state index is 11.0. The molecule has 2 nitrogen and oxygen atoms in total. The van der Waals surface area contributed by atoms with Crippen LogP contribution in [-0.4, -0.2) is 16.8 Å². The predicted octanol–water partition coefficient (Wildman–Crippen LogP) is 4.18. The van der Waals surface area contributed by atoms with E-state index in [2.05, 4.69) is 13.8 Å². The highest BCUT2D eigenvalue weighted by atomic mass is 35.5. The van der Waals surface area contributed by atoms with E-state index in [1.54, 1.807) is 30.0 Å². The Morgan fingerprint density at radius 2 is 2.19 bits per heavy atom. The molecule has 1 rings (SSSR count). The number of carboxylic acids is 1. The zero-order valence-corrected chi connectivity index (χ0v) is 10.9. The number of thioether (sulfide) groups is 1. The number of halogens is 1. The molecule has 4 heteroatoms. The van der Waals surface area contributed by atoms with Crippen molar-refractivity contribution in [2.75, 3.05) is 5.75 Å². The Balaban J connectivity index is 2.79. The molecule has 0 aromatic heterocycles. The third kappa shape index (κ3) is 3.72. The second-order valence-electron chi connectivity index (χ2n) is 3.95. The molecule has 0 bridgehead atoms. The minimum Gasteiger partial charge on any atom is -0.478 e. The van der Waals surface area contributed by atoms with Crippen molar-refractivity contribution in [3.8, 4) is 0 Å². The lowest BCUT2D eigenvalue weighted by atomic mass is 10.2. The van der Waals surface area contributed by atoms with E-state index >= 15 is 0 Å². The zero-order valence-electron chi connectivity index (χ0n) is 9.37. The molecule has 0 atom stereocenters. The fourth-order valence-electron chi connectivity index (χ4n) is 1.24. The molecule has 16 heavy (non-hydrogen) atoms. The highest BCUT2D eigenvalue weighted by Crippen LogP contribution is 2.29. The van der Waals surface area contributed by atoms with Crippen LogP contribution in [0.2, 0.25) is 5.02 Å². The molecule has 0 saturated carbocycles. The summed E-state index contributed by atoms with van der Waals surface area (Å²) in [5, 5.41) is 9.36. The van der Waals surface area contributed by atoms with Gasteiger partial charge in [0.25, 0.3) is 0 Å². The van der Waals surface area contributed by atoms with E-state index in [-0.39, 0.29) is 5.56 Å². The standard InChI is InChI=1S/C12H15ClO2S/c1-8(2)6-7-16-10-5-3-4-9(13)11(10)12(14)15/h3-5,8H,6-7H2,1-2H3,(H,14,15). The Kier molecular flexibility index (Phi) is 5.16. The summed E-state index contributed by atoms with van der Waals surface area (Å²) in [6.07, 6.45) is 1.07. The monoisotopic (exact) mass is 258 g/mol. The van der Waals surface area contributed by atoms with E-state index in [1.807, 2.05) is 0 Å². The van der Waals surface area contributed by atoms with Gasteiger partial charge in [-0.1, -0.05) is 31.5 Å². The lowest BCUT2D eigenvalue weighted by Crippen LogP contribution is -2.00. The van der Waals surface area contributed by atoms with Crippen molar-refractivity contribution < 1.29 is 9.90 Å². The van der Waals surface area contributed by atoms with E-state index in [4.69, 9.17) is 16.7 Å². The molecule has 0 unspecified atom stereocenters. The maximum absolute atomic E-state index is 11.0. The van der Waals surface area contributed by atoms with Gasteiger partial charge in [-0.2, -0.15) is 0 Å². The molecular weight excluding hydrogens is 244 g/mol. The molecule has 0 radical (unpaired) electrons. The molecule has 1 N–H and O–H groups in total. The van der Waals surface area contributed by atoms with Crippen molar-refractivity contribution >= 4 is 29.3 Å². The number of aromatic carboxylic acids is 1. The summed E-state index contributed by atoms with van der Waals surface area (Å²) in [7, 11) is 0. The van der Waals surface area contributed by atoms with E-state index in [0.717, 1.165) is 17.1 Å². The lowest BCUT2D eigenvalue weighted by Gasteiger charge is -2.08. The Morgan fingerprint density at radius 3 is 2.75 bits per heavy atom. The van der Waals surface area contributed by atoms with Gasteiger partial charge >= 0.3 is 5.97 Å². The van der Waals surface area contributed by atoms with E-state index in [0.29, 0.717) is 10.9 Å². The Morgan fingerprint density at radius 1 is 1.50 bits per heavy atom. The van der Waals surface area contributed by atoms with Gasteiger partial charge in [0, 0.05) is 4.90 Å². The Labute approximate surface area is 105 Å². The van der Waals surface area contributed by atoms with Gasteiger partial charge in [-0.15, -0.1) is 11.8 Å². The minimum atomic E-state index is -0.961. The first-order valence-electron chi connectivity index (χ1n) is 5.17. The third-order valence-corrected chi connectivity index (χ3v) is 3.55. The van der Waals surface area contributed by atoms with Crippen molar-refractivity contribution in [2.24, 2.45) is 5.92 Å². The van der Waals surface area contributed by atoms with E-state index in [1.165, 1.54) is 0 Å². The van der Waals surface area contributed by atoms with Gasteiger partial charge < -0.3 is 5.11 Å². The number of rotatable bonds is 5. The van der Waals surface area contributed by atoms with Crippen LogP contribution in [0.1, 0.15) is 30.6 Å². The molecule has 0 heterocycles. The molecule has 1 aromatic carbocycles. The third-order valence-electron chi connectivity index (χ3n) is 2.14. The molecule has 1 aromatic rings. The van der Waals surface area contributed by atoms with Crippen LogP contribution in [0, 0.1) is 5.92 Å². The number of hydrogen-bond acceptors (Lipinski definition) is 2. The lowest BCUT2D eigenvalue weighted by molar-refractivity contribution is 0.0693. The second kappa shape index (κ2) is 6.16. The highest BCUT2D eigenvalue weighted by Gasteiger charge is 2.14. The SMILES string of the molecule is CC(C)CCSc1cccc(Cl)c1C(=O)O. The first kappa shape index (κ1) is 13.4. The first-order chi connectivity index (χ1) is 7.52. The molecule has 0 aliphatic carbocycles. The van der Waals surface area contributed by atoms with Crippen LogP contribution in [-0.2, 0) is 0 Å². The summed E-state index contributed by atoms with van der Waals surface area (Å²) in [6.45, 7) is 4.30. The smallest absolute Gasteiger partial charge is 0.338 e. The predicted molar refractivity (Wildman–Crippen MR) is 68.6 cm³/mol. The number of hydrogen-bond donors (Lipinski definition) is 1. The van der Waals surface area contributed by atoms with Crippen LogP contribution >= 0.6 is 23.4 Å². The van der Waals surface area contributed by atoms with Crippen molar-refractivity contribution in [1.82, 2.24) is 0 Å². The van der Waals surface area contributed by atoms with Crippen LogP contribution < -0.4 is 0 Å². The quantitative estimate of drug-likeness (QED) is 0.805. The van der Waals surface area contributed by atoms with E-state index in [9.17, 15) is 4.79 Å². The highest BCUT2D eigenvalue weighted by molar-refractivity contribution is 7.99. The molecule has 0 amide bonds. The average Bonchev–Trinajstić information content (AvgIpc) is 2.16. The average molecular weight is 259 g/mol. The number of carboxylic acid groups (broad SMARTS) is 1. The van der Waals surface area contributed by atoms with Gasteiger partial charge in [0.15, 0.2) is 0 Å². The van der Waals surface area contributed by atoms with Crippen LogP contribution in [0.15, 0.2) is 23.1 Å². The van der Waals surface area contributed by atoms with Gasteiger partial charge in [0.2, 0.25) is 0 Å². The van der Waals surface area contributed by atoms with Crippen LogP contribution in [0.25, 0.3) is 0 Å². The first-order valence-corrected chi connectivity index (χ1v) is 6.53. The van der Waals surface area contributed by atoms with Gasteiger partial charge in [0.05, 0.1) is 10.6 Å². The van der Waals surface area contributed by atoms with Gasteiger partial charge in [0.1, 0.15) is 0 Å². The molecule has 88 valence electrons. The Hall–Kier alpha value is -0.670. The van der Waals surface area contributed by atoms with Crippen molar-refractivity contribution in [3.05, 3.63) is 28.8 Å². The summed E-state index contributed by atoms with van der Waals surface area (Å²) < 4.78 is 0. The summed E-state index contributed by atoms with van der Waals surface area (Å²) in [5.74, 6) is 0.579.